The summed E-state index contributed by atoms with van der Waals surface area (Å²) in [4.78, 5) is 26.2. The van der Waals surface area contributed by atoms with Crippen molar-refractivity contribution in [1.29, 1.82) is 0 Å². The Morgan fingerprint density at radius 1 is 1.15 bits per heavy atom. The van der Waals surface area contributed by atoms with E-state index in [0.717, 1.165) is 34.6 Å². The molecule has 1 aliphatic heterocycles. The molecule has 0 unspecified atom stereocenters. The number of halogens is 3. The van der Waals surface area contributed by atoms with Crippen LogP contribution in [0.25, 0.3) is 10.7 Å². The number of hydrogen-bond donors (Lipinski definition) is 2. The zero-order valence-corrected chi connectivity index (χ0v) is 18.0. The van der Waals surface area contributed by atoms with Gasteiger partial charge >= 0.3 is 6.18 Å². The van der Waals surface area contributed by atoms with Gasteiger partial charge in [-0.3, -0.25) is 4.79 Å². The second-order valence-electron chi connectivity index (χ2n) is 7.62. The van der Waals surface area contributed by atoms with Gasteiger partial charge in [0.15, 0.2) is 0 Å². The van der Waals surface area contributed by atoms with E-state index in [2.05, 4.69) is 20.3 Å². The highest BCUT2D eigenvalue weighted by molar-refractivity contribution is 7.13. The molecule has 0 fully saturated rings. The van der Waals surface area contributed by atoms with E-state index in [4.69, 9.17) is 0 Å². The molecule has 0 radical (unpaired) electrons. The molecule has 10 heteroatoms. The summed E-state index contributed by atoms with van der Waals surface area (Å²) in [5.41, 5.74) is 3.93. The molecule has 5 rings (SSSR count). The number of thiazole rings is 1. The van der Waals surface area contributed by atoms with E-state index in [1.807, 2.05) is 18.2 Å². The highest BCUT2D eigenvalue weighted by atomic mass is 32.1. The number of aromatic nitrogens is 3. The van der Waals surface area contributed by atoms with E-state index in [9.17, 15) is 18.0 Å². The molecule has 0 atom stereocenters. The van der Waals surface area contributed by atoms with Crippen LogP contribution in [0.5, 0.6) is 0 Å². The van der Waals surface area contributed by atoms with E-state index in [1.54, 1.807) is 22.8 Å². The molecule has 0 saturated carbocycles. The Balaban J connectivity index is 1.31. The predicted molar refractivity (Wildman–Crippen MR) is 119 cm³/mol. The Morgan fingerprint density at radius 3 is 2.70 bits per heavy atom. The van der Waals surface area contributed by atoms with Crippen molar-refractivity contribution in [2.75, 3.05) is 11.9 Å². The number of aromatic amines is 1. The molecule has 6 nitrogen and oxygen atoms in total. The number of alkyl halides is 3. The van der Waals surface area contributed by atoms with Crippen molar-refractivity contribution in [3.63, 3.8) is 0 Å². The predicted octanol–water partition coefficient (Wildman–Crippen LogP) is 5.49. The van der Waals surface area contributed by atoms with Gasteiger partial charge in [-0.15, -0.1) is 11.3 Å². The monoisotopic (exact) mass is 469 g/mol. The topological polar surface area (TPSA) is 73.9 Å². The third kappa shape index (κ3) is 4.34. The van der Waals surface area contributed by atoms with Gasteiger partial charge in [-0.2, -0.15) is 13.2 Å². The number of anilines is 2. The summed E-state index contributed by atoms with van der Waals surface area (Å²) in [6, 6.07) is 10.7. The second kappa shape index (κ2) is 8.36. The minimum Gasteiger partial charge on any atom is -0.355 e. The minimum atomic E-state index is -4.36. The highest BCUT2D eigenvalue weighted by Crippen LogP contribution is 2.32. The van der Waals surface area contributed by atoms with Crippen molar-refractivity contribution in [1.82, 2.24) is 19.9 Å². The van der Waals surface area contributed by atoms with Crippen molar-refractivity contribution < 1.29 is 18.0 Å². The molecule has 0 saturated heterocycles. The molecule has 1 aliphatic rings. The lowest BCUT2D eigenvalue weighted by atomic mass is 9.97. The molecule has 0 spiro atoms. The number of nitrogens with zero attached hydrogens (tertiary/aromatic N) is 3. The summed E-state index contributed by atoms with van der Waals surface area (Å²) in [5.74, 6) is -0.135. The number of amides is 1. The van der Waals surface area contributed by atoms with Crippen LogP contribution in [0.15, 0.2) is 60.4 Å². The third-order valence-corrected chi connectivity index (χ3v) is 6.37. The Bertz CT molecular complexity index is 1280. The largest absolute Gasteiger partial charge is 0.416 e. The Hall–Kier alpha value is -3.66. The number of hydrogen-bond acceptors (Lipinski definition) is 5. The molecule has 2 aromatic heterocycles. The van der Waals surface area contributed by atoms with Gasteiger partial charge in [0.05, 0.1) is 23.8 Å². The first kappa shape index (κ1) is 21.2. The number of H-pyrrole nitrogens is 1. The van der Waals surface area contributed by atoms with E-state index in [1.165, 1.54) is 23.5 Å². The van der Waals surface area contributed by atoms with Gasteiger partial charge in [-0.05, 0) is 47.9 Å². The zero-order valence-electron chi connectivity index (χ0n) is 17.2. The molecule has 1 amide bonds. The number of rotatable bonds is 4. The van der Waals surface area contributed by atoms with Gasteiger partial charge < -0.3 is 15.2 Å². The SMILES string of the molecule is O=C(c1csc(-c2cnc[nH]2)n1)N1CCc2c(cccc2Nc2ccc(C(F)(F)F)cc2)C1. The van der Waals surface area contributed by atoms with Crippen LogP contribution in [0.3, 0.4) is 0 Å². The van der Waals surface area contributed by atoms with Crippen molar-refractivity contribution in [2.45, 2.75) is 19.1 Å². The Morgan fingerprint density at radius 2 is 1.97 bits per heavy atom. The van der Waals surface area contributed by atoms with Crippen molar-refractivity contribution in [3.8, 4) is 10.7 Å². The summed E-state index contributed by atoms with van der Waals surface area (Å²) in [6.07, 6.45) is -0.509. The average molecular weight is 469 g/mol. The molecular formula is C23H18F3N5OS. The van der Waals surface area contributed by atoms with Crippen molar-refractivity contribution >= 4 is 28.6 Å². The summed E-state index contributed by atoms with van der Waals surface area (Å²) in [7, 11) is 0. The smallest absolute Gasteiger partial charge is 0.355 e. The summed E-state index contributed by atoms with van der Waals surface area (Å²) < 4.78 is 38.4. The number of fused-ring (bicyclic) bond motifs is 1. The van der Waals surface area contributed by atoms with Gasteiger partial charge in [-0.25, -0.2) is 9.97 Å². The molecule has 3 heterocycles. The number of benzene rings is 2. The van der Waals surface area contributed by atoms with E-state index >= 15 is 0 Å². The number of carbonyl (C=O) groups is 1. The van der Waals surface area contributed by atoms with E-state index in [0.29, 0.717) is 35.9 Å². The fourth-order valence-corrected chi connectivity index (χ4v) is 4.59. The van der Waals surface area contributed by atoms with Crippen LogP contribution in [-0.2, 0) is 19.1 Å². The molecule has 0 aliphatic carbocycles. The van der Waals surface area contributed by atoms with E-state index in [-0.39, 0.29) is 5.91 Å². The quantitative estimate of drug-likeness (QED) is 0.414. The van der Waals surface area contributed by atoms with Gasteiger partial charge in [0.2, 0.25) is 0 Å². The lowest BCUT2D eigenvalue weighted by Gasteiger charge is -2.30. The van der Waals surface area contributed by atoms with Crippen LogP contribution in [0.2, 0.25) is 0 Å². The Labute approximate surface area is 191 Å². The number of carbonyl (C=O) groups excluding carboxylic acids is 1. The molecule has 2 N–H and O–H groups in total. The molecule has 0 bridgehead atoms. The first-order valence-corrected chi connectivity index (χ1v) is 11.0. The fraction of sp³-hybridized carbons (Fsp3) is 0.174. The van der Waals surface area contributed by atoms with Gasteiger partial charge in [0, 0.05) is 29.8 Å². The molecule has 33 heavy (non-hydrogen) atoms. The Kier molecular flexibility index (Phi) is 5.37. The summed E-state index contributed by atoms with van der Waals surface area (Å²) >= 11 is 1.38. The summed E-state index contributed by atoms with van der Waals surface area (Å²) in [5, 5.41) is 5.67. The maximum Gasteiger partial charge on any atom is 0.416 e. The first-order chi connectivity index (χ1) is 15.9. The maximum absolute atomic E-state index is 13.0. The second-order valence-corrected chi connectivity index (χ2v) is 8.48. The van der Waals surface area contributed by atoms with Crippen LogP contribution in [0.4, 0.5) is 24.5 Å². The van der Waals surface area contributed by atoms with Crippen LogP contribution < -0.4 is 5.32 Å². The van der Waals surface area contributed by atoms with Crippen LogP contribution in [-0.4, -0.2) is 32.3 Å². The maximum atomic E-state index is 13.0. The molecule has 4 aromatic rings. The molecule has 168 valence electrons. The van der Waals surface area contributed by atoms with Gasteiger partial charge in [0.25, 0.3) is 5.91 Å². The van der Waals surface area contributed by atoms with Crippen LogP contribution >= 0.6 is 11.3 Å². The number of imidazole rings is 1. The first-order valence-electron chi connectivity index (χ1n) is 10.2. The van der Waals surface area contributed by atoms with E-state index < -0.39 is 11.7 Å². The van der Waals surface area contributed by atoms with Crippen molar-refractivity contribution in [3.05, 3.63) is 82.8 Å². The summed E-state index contributed by atoms with van der Waals surface area (Å²) in [6.45, 7) is 0.960. The average Bonchev–Trinajstić information content (AvgIpc) is 3.50. The molecule has 2 aromatic carbocycles. The van der Waals surface area contributed by atoms with Crippen LogP contribution in [0.1, 0.15) is 27.2 Å². The lowest BCUT2D eigenvalue weighted by molar-refractivity contribution is -0.137. The fourth-order valence-electron chi connectivity index (χ4n) is 3.83. The standard InChI is InChI=1S/C23H18F3N5OS/c24-23(25,26)15-4-6-16(7-5-15)29-18-3-1-2-14-11-31(9-8-17(14)18)22(32)20-12-33-21(30-20)19-10-27-13-28-19/h1-7,10,12-13,29H,8-9,11H2,(H,27,28). The normalized spacial score (nSPS) is 13.6. The van der Waals surface area contributed by atoms with Gasteiger partial charge in [-0.1, -0.05) is 12.1 Å². The van der Waals surface area contributed by atoms with Crippen molar-refractivity contribution in [2.24, 2.45) is 0 Å². The molecular weight excluding hydrogens is 451 g/mol. The third-order valence-electron chi connectivity index (χ3n) is 5.50. The highest BCUT2D eigenvalue weighted by Gasteiger charge is 2.30. The number of nitrogens with one attached hydrogen (secondary N) is 2. The zero-order chi connectivity index (χ0) is 23.0. The minimum absolute atomic E-state index is 0.135. The van der Waals surface area contributed by atoms with Crippen LogP contribution in [0, 0.1) is 0 Å². The lowest BCUT2D eigenvalue weighted by Crippen LogP contribution is -2.36. The van der Waals surface area contributed by atoms with Gasteiger partial charge in [0.1, 0.15) is 10.7 Å².